The molecule has 248 valence electrons. The lowest BCUT2D eigenvalue weighted by molar-refractivity contribution is -0.170. The van der Waals surface area contributed by atoms with Crippen LogP contribution in [0.1, 0.15) is 68.8 Å². The van der Waals surface area contributed by atoms with Crippen molar-refractivity contribution >= 4 is 22.8 Å². The number of fused-ring (bicyclic) bond motifs is 1. The number of carbonyl (C=O) groups excluding carboxylic acids is 2. The minimum atomic E-state index is -2.81. The number of aromatic nitrogens is 3. The van der Waals surface area contributed by atoms with Crippen LogP contribution in [0.2, 0.25) is 0 Å². The molecule has 0 atom stereocenters. The van der Waals surface area contributed by atoms with Gasteiger partial charge in [0.2, 0.25) is 17.4 Å². The molecule has 0 bridgehead atoms. The van der Waals surface area contributed by atoms with Crippen LogP contribution in [-0.2, 0) is 4.79 Å². The van der Waals surface area contributed by atoms with Crippen LogP contribution in [0.5, 0.6) is 5.88 Å². The Hall–Kier alpha value is -3.71. The number of carbonyl (C=O) groups is 2. The van der Waals surface area contributed by atoms with Crippen molar-refractivity contribution in [2.24, 2.45) is 16.8 Å². The van der Waals surface area contributed by atoms with Gasteiger partial charge in [0.15, 0.2) is 0 Å². The first-order valence-corrected chi connectivity index (χ1v) is 16.1. The Bertz CT molecular complexity index is 1640. The number of hydrogen-bond donors (Lipinski definition) is 2. The second-order valence-corrected chi connectivity index (χ2v) is 13.5. The Morgan fingerprint density at radius 1 is 1.11 bits per heavy atom. The Balaban J connectivity index is 1.20. The van der Waals surface area contributed by atoms with Crippen LogP contribution >= 0.6 is 0 Å². The molecule has 4 heterocycles. The van der Waals surface area contributed by atoms with Crippen molar-refractivity contribution in [3.8, 4) is 5.88 Å². The molecule has 2 aromatic heterocycles. The highest BCUT2D eigenvalue weighted by Gasteiger charge is 2.48. The summed E-state index contributed by atoms with van der Waals surface area (Å²) in [5.74, 6) is -3.83. The summed E-state index contributed by atoms with van der Waals surface area (Å²) >= 11 is 0. The summed E-state index contributed by atoms with van der Waals surface area (Å²) in [6.45, 7) is 5.60. The lowest BCUT2D eigenvalue weighted by atomic mass is 9.83. The van der Waals surface area contributed by atoms with Crippen molar-refractivity contribution in [3.63, 3.8) is 0 Å². The third-order valence-electron chi connectivity index (χ3n) is 9.68. The number of nitrogens with zero attached hydrogens (tertiary/aromatic N) is 5. The molecule has 1 aromatic carbocycles. The lowest BCUT2D eigenvalue weighted by Gasteiger charge is -2.41. The SMILES string of the molecule is CC(C)(O)C1CCN(CCOc2cc3c(cn2)[nH]/c(=N\C(=O)c2cccc(F)c2)n3[C@H]2CC[C@@H](C(=O)N3CC(F)(F)C3)CC2)CC1. The summed E-state index contributed by atoms with van der Waals surface area (Å²) in [5.41, 5.74) is 1.06. The van der Waals surface area contributed by atoms with Gasteiger partial charge in [-0.1, -0.05) is 6.07 Å². The van der Waals surface area contributed by atoms with Gasteiger partial charge in [-0.15, -0.1) is 0 Å². The van der Waals surface area contributed by atoms with Crippen LogP contribution in [0.25, 0.3) is 11.0 Å². The molecule has 1 saturated carbocycles. The van der Waals surface area contributed by atoms with Gasteiger partial charge in [0.1, 0.15) is 12.4 Å². The van der Waals surface area contributed by atoms with Crippen LogP contribution in [0.4, 0.5) is 13.2 Å². The Morgan fingerprint density at radius 3 is 2.48 bits per heavy atom. The number of pyridine rings is 1. The molecule has 1 aliphatic carbocycles. The highest BCUT2D eigenvalue weighted by atomic mass is 19.3. The number of ether oxygens (including phenoxy) is 1. The number of benzene rings is 1. The number of rotatable bonds is 8. The predicted octanol–water partition coefficient (Wildman–Crippen LogP) is 4.32. The Kier molecular flexibility index (Phi) is 8.99. The number of imidazole rings is 1. The minimum Gasteiger partial charge on any atom is -0.476 e. The summed E-state index contributed by atoms with van der Waals surface area (Å²) in [5, 5.41) is 10.3. The summed E-state index contributed by atoms with van der Waals surface area (Å²) in [4.78, 5) is 41.4. The van der Waals surface area contributed by atoms with E-state index in [1.165, 1.54) is 23.1 Å². The number of likely N-dealkylation sites (tertiary alicyclic amines) is 2. The molecule has 3 aromatic rings. The molecular formula is C33H41F3N6O4. The van der Waals surface area contributed by atoms with Crippen molar-refractivity contribution < 1.29 is 32.6 Å². The highest BCUT2D eigenvalue weighted by molar-refractivity contribution is 5.95. The molecule has 2 saturated heterocycles. The maximum atomic E-state index is 13.8. The number of hydrogen-bond acceptors (Lipinski definition) is 6. The van der Waals surface area contributed by atoms with Gasteiger partial charge in [-0.2, -0.15) is 4.99 Å². The van der Waals surface area contributed by atoms with Crippen LogP contribution < -0.4 is 10.4 Å². The predicted molar refractivity (Wildman–Crippen MR) is 164 cm³/mol. The van der Waals surface area contributed by atoms with Crippen molar-refractivity contribution in [1.82, 2.24) is 24.3 Å². The summed E-state index contributed by atoms with van der Waals surface area (Å²) < 4.78 is 48.6. The smallest absolute Gasteiger partial charge is 0.282 e. The fourth-order valence-electron chi connectivity index (χ4n) is 6.98. The normalized spacial score (nSPS) is 23.0. The third-order valence-corrected chi connectivity index (χ3v) is 9.68. The van der Waals surface area contributed by atoms with E-state index in [0.717, 1.165) is 44.1 Å². The molecule has 10 nitrogen and oxygen atoms in total. The van der Waals surface area contributed by atoms with Gasteiger partial charge in [-0.05, 0) is 89.6 Å². The monoisotopic (exact) mass is 642 g/mol. The molecule has 0 spiro atoms. The largest absolute Gasteiger partial charge is 0.476 e. The highest BCUT2D eigenvalue weighted by Crippen LogP contribution is 2.37. The van der Waals surface area contributed by atoms with Gasteiger partial charge in [0, 0.05) is 30.1 Å². The van der Waals surface area contributed by atoms with Gasteiger partial charge in [-0.3, -0.25) is 14.5 Å². The van der Waals surface area contributed by atoms with E-state index in [1.807, 2.05) is 18.4 Å². The van der Waals surface area contributed by atoms with Crippen LogP contribution in [0, 0.1) is 17.7 Å². The van der Waals surface area contributed by atoms with Crippen molar-refractivity contribution in [3.05, 3.63) is 53.5 Å². The van der Waals surface area contributed by atoms with Gasteiger partial charge in [0.25, 0.3) is 11.8 Å². The first kappa shape index (κ1) is 32.2. The average molecular weight is 643 g/mol. The lowest BCUT2D eigenvalue weighted by Crippen LogP contribution is -2.59. The molecule has 46 heavy (non-hydrogen) atoms. The summed E-state index contributed by atoms with van der Waals surface area (Å²) in [6.07, 6.45) is 5.66. The maximum absolute atomic E-state index is 13.8. The van der Waals surface area contributed by atoms with Crippen molar-refractivity contribution in [1.29, 1.82) is 0 Å². The average Bonchev–Trinajstić information content (AvgIpc) is 3.36. The summed E-state index contributed by atoms with van der Waals surface area (Å²) in [6, 6.07) is 7.01. The molecule has 2 aliphatic heterocycles. The van der Waals surface area contributed by atoms with E-state index in [1.54, 1.807) is 12.3 Å². The van der Waals surface area contributed by atoms with E-state index in [2.05, 4.69) is 19.9 Å². The standard InChI is InChI=1S/C33H41F3N6O4/c1-32(2,45)23-10-12-40(13-11-23)14-15-46-28-17-27-26(18-37-28)38-31(39-29(43)22-4-3-5-24(34)16-22)42(27)25-8-6-21(7-9-25)30(44)41-19-33(35,36)20-41/h3-5,16-18,21,23,25,45H,6-15,19-20H2,1-2H3,(H,38,39,43)/t21-,25+. The van der Waals surface area contributed by atoms with Crippen LogP contribution in [0.15, 0.2) is 41.5 Å². The van der Waals surface area contributed by atoms with E-state index < -0.39 is 36.3 Å². The van der Waals surface area contributed by atoms with E-state index in [-0.39, 0.29) is 35.0 Å². The van der Waals surface area contributed by atoms with E-state index in [4.69, 9.17) is 4.74 Å². The molecule has 0 unspecified atom stereocenters. The number of aliphatic hydroxyl groups is 1. The van der Waals surface area contributed by atoms with Crippen LogP contribution in [-0.4, -0.2) is 92.1 Å². The molecule has 0 radical (unpaired) electrons. The molecule has 3 fully saturated rings. The third kappa shape index (κ3) is 7.15. The number of piperidine rings is 1. The molecule has 2 amide bonds. The minimum absolute atomic E-state index is 0.111. The molecular weight excluding hydrogens is 601 g/mol. The number of amides is 2. The zero-order valence-corrected chi connectivity index (χ0v) is 26.2. The first-order chi connectivity index (χ1) is 21.9. The van der Waals surface area contributed by atoms with Gasteiger partial charge in [0.05, 0.1) is 35.9 Å². The number of halogens is 3. The molecule has 3 aliphatic rings. The van der Waals surface area contributed by atoms with Crippen molar-refractivity contribution in [2.45, 2.75) is 69.9 Å². The van der Waals surface area contributed by atoms with E-state index in [9.17, 15) is 27.9 Å². The fraction of sp³-hybridized carbons (Fsp3) is 0.576. The second kappa shape index (κ2) is 12.8. The second-order valence-electron chi connectivity index (χ2n) is 13.5. The molecule has 2 N–H and O–H groups in total. The summed E-state index contributed by atoms with van der Waals surface area (Å²) in [7, 11) is 0. The number of H-pyrrole nitrogens is 1. The first-order valence-electron chi connectivity index (χ1n) is 16.1. The van der Waals surface area contributed by atoms with Gasteiger partial charge >= 0.3 is 0 Å². The quantitative estimate of drug-likeness (QED) is 0.379. The van der Waals surface area contributed by atoms with Gasteiger partial charge < -0.3 is 24.3 Å². The zero-order valence-electron chi connectivity index (χ0n) is 26.2. The number of alkyl halides is 2. The topological polar surface area (TPSA) is 116 Å². The van der Waals surface area contributed by atoms with E-state index >= 15 is 0 Å². The number of aromatic amines is 1. The maximum Gasteiger partial charge on any atom is 0.282 e. The van der Waals surface area contributed by atoms with Crippen LogP contribution in [0.3, 0.4) is 0 Å². The number of nitrogens with one attached hydrogen (secondary N) is 1. The Labute approximate surface area is 265 Å². The van der Waals surface area contributed by atoms with Gasteiger partial charge in [-0.25, -0.2) is 18.2 Å². The molecule has 13 heteroatoms. The Morgan fingerprint density at radius 2 is 1.83 bits per heavy atom. The fourth-order valence-corrected chi connectivity index (χ4v) is 6.98. The van der Waals surface area contributed by atoms with Crippen molar-refractivity contribution in [2.75, 3.05) is 39.3 Å². The molecule has 6 rings (SSSR count). The zero-order chi connectivity index (χ0) is 32.6. The van der Waals surface area contributed by atoms with E-state index in [0.29, 0.717) is 43.7 Å².